The van der Waals surface area contributed by atoms with Crippen LogP contribution in [0.15, 0.2) is 48.6 Å². The number of hydrogen-bond acceptors (Lipinski definition) is 8. The third-order valence-electron chi connectivity index (χ3n) is 15.5. The average Bonchev–Trinajstić information content (AvgIpc) is 3.45. The molecule has 9 nitrogen and oxygen atoms in total. The lowest BCUT2D eigenvalue weighted by Crippen LogP contribution is -2.29. The maximum absolute atomic E-state index is 12.7. The molecule has 0 radical (unpaired) electrons. The van der Waals surface area contributed by atoms with Crippen LogP contribution in [0.25, 0.3) is 0 Å². The minimum absolute atomic E-state index is 0.0531. The monoisotopic (exact) mass is 1150 g/mol. The first-order valence-electron chi connectivity index (χ1n) is 34.6. The van der Waals surface area contributed by atoms with Crippen molar-refractivity contribution in [1.29, 1.82) is 0 Å². The van der Waals surface area contributed by atoms with Gasteiger partial charge in [0, 0.05) is 19.4 Å². The Morgan fingerprint density at radius 2 is 0.688 bits per heavy atom. The minimum Gasteiger partial charge on any atom is -0.462 e. The molecule has 0 aliphatic rings. The summed E-state index contributed by atoms with van der Waals surface area (Å²) in [7, 11) is -4.39. The molecule has 80 heavy (non-hydrogen) atoms. The number of ether oxygens (including phenoxy) is 2. The molecule has 0 aromatic rings. The highest BCUT2D eigenvalue weighted by molar-refractivity contribution is 7.47. The number of esters is 2. The van der Waals surface area contributed by atoms with Crippen molar-refractivity contribution in [3.05, 3.63) is 48.6 Å². The van der Waals surface area contributed by atoms with Gasteiger partial charge in [0.2, 0.25) is 0 Å². The summed E-state index contributed by atoms with van der Waals surface area (Å²) >= 11 is 0. The standard InChI is InChI=1S/C70H132NO8P/c1-3-5-7-9-11-13-15-17-19-21-23-25-27-28-29-30-31-32-33-34-35-36-37-38-39-41-42-44-46-48-50-52-54-56-58-60-62-69(72)76-66-68(67-78-80(74,75)77-65-64-71)79-70(73)63-61-59-57-55-53-51-49-47-45-43-40-26-24-22-20-18-16-14-12-10-8-6-4-2/h6,8,12,14,18,20,24,26,68H,3-5,7,9-11,13,15-17,19,21-23,25,27-67,71H2,1-2H3,(H,74,75)/b8-6-,14-12-,20-18-,26-24-. The van der Waals surface area contributed by atoms with Gasteiger partial charge in [0.05, 0.1) is 13.2 Å². The molecule has 0 spiro atoms. The number of hydrogen-bond donors (Lipinski definition) is 2. The van der Waals surface area contributed by atoms with Crippen molar-refractivity contribution in [2.45, 2.75) is 360 Å². The van der Waals surface area contributed by atoms with Crippen LogP contribution in [0.1, 0.15) is 354 Å². The largest absolute Gasteiger partial charge is 0.472 e. The van der Waals surface area contributed by atoms with E-state index in [0.717, 1.165) is 70.6 Å². The van der Waals surface area contributed by atoms with Gasteiger partial charge < -0.3 is 20.1 Å². The van der Waals surface area contributed by atoms with Crippen LogP contribution in [0.5, 0.6) is 0 Å². The van der Waals surface area contributed by atoms with Crippen molar-refractivity contribution in [1.82, 2.24) is 0 Å². The molecule has 0 rings (SSSR count). The summed E-state index contributed by atoms with van der Waals surface area (Å²) in [4.78, 5) is 35.3. The van der Waals surface area contributed by atoms with E-state index in [1.54, 1.807) is 0 Å². The van der Waals surface area contributed by atoms with E-state index in [0.29, 0.717) is 6.42 Å². The van der Waals surface area contributed by atoms with E-state index in [2.05, 4.69) is 62.5 Å². The van der Waals surface area contributed by atoms with E-state index >= 15 is 0 Å². The van der Waals surface area contributed by atoms with Crippen LogP contribution in [-0.2, 0) is 32.7 Å². The first-order chi connectivity index (χ1) is 39.3. The molecule has 0 aliphatic heterocycles. The number of carbonyl (C=O) groups excluding carboxylic acids is 2. The molecule has 0 aromatic heterocycles. The van der Waals surface area contributed by atoms with Gasteiger partial charge in [0.15, 0.2) is 6.10 Å². The Labute approximate surface area is 496 Å². The molecular formula is C70H132NO8P. The zero-order valence-corrected chi connectivity index (χ0v) is 53.7. The lowest BCUT2D eigenvalue weighted by atomic mass is 10.0. The molecule has 0 heterocycles. The third-order valence-corrected chi connectivity index (χ3v) is 16.5. The first-order valence-corrected chi connectivity index (χ1v) is 36.1. The number of nitrogens with two attached hydrogens (primary N) is 1. The van der Waals surface area contributed by atoms with Gasteiger partial charge in [-0.1, -0.05) is 339 Å². The number of allylic oxidation sites excluding steroid dienone is 8. The zero-order chi connectivity index (χ0) is 58.0. The molecule has 0 bridgehead atoms. The van der Waals surface area contributed by atoms with Crippen LogP contribution in [0, 0.1) is 0 Å². The molecule has 10 heteroatoms. The second kappa shape index (κ2) is 66.1. The number of carbonyl (C=O) groups is 2. The van der Waals surface area contributed by atoms with E-state index in [9.17, 15) is 19.0 Å². The highest BCUT2D eigenvalue weighted by Crippen LogP contribution is 2.43. The number of unbranched alkanes of at least 4 members (excludes halogenated alkanes) is 45. The maximum atomic E-state index is 12.7. The van der Waals surface area contributed by atoms with Crippen molar-refractivity contribution in [3.63, 3.8) is 0 Å². The molecule has 0 aliphatic carbocycles. The number of phosphoric ester groups is 1. The van der Waals surface area contributed by atoms with Crippen LogP contribution in [0.3, 0.4) is 0 Å². The third kappa shape index (κ3) is 65.1. The molecule has 470 valence electrons. The van der Waals surface area contributed by atoms with Gasteiger partial charge >= 0.3 is 19.8 Å². The Hall–Kier alpha value is -2.03. The highest BCUT2D eigenvalue weighted by atomic mass is 31.2. The van der Waals surface area contributed by atoms with E-state index in [-0.39, 0.29) is 38.6 Å². The van der Waals surface area contributed by atoms with Gasteiger partial charge in [-0.3, -0.25) is 18.6 Å². The Bertz CT molecular complexity index is 1450. The van der Waals surface area contributed by atoms with Crippen LogP contribution in [0.2, 0.25) is 0 Å². The predicted molar refractivity (Wildman–Crippen MR) is 344 cm³/mol. The Kier molecular flexibility index (Phi) is 64.4. The smallest absolute Gasteiger partial charge is 0.462 e. The van der Waals surface area contributed by atoms with Gasteiger partial charge in [0.1, 0.15) is 6.61 Å². The average molecular weight is 1150 g/mol. The highest BCUT2D eigenvalue weighted by Gasteiger charge is 2.26. The SMILES string of the molecule is CC/C=C\C/C=C\C/C=C\C/C=C\CCCCCCCCCCCCC(=O)OC(COC(=O)CCCCCCCCCCCCCCCCCCCCCCCCCCCCCCCCCCCCCC)COP(=O)(O)OCCN. The van der Waals surface area contributed by atoms with Crippen LogP contribution in [0.4, 0.5) is 0 Å². The molecule has 3 N–H and O–H groups in total. The zero-order valence-electron chi connectivity index (χ0n) is 52.8. The second-order valence-corrected chi connectivity index (χ2v) is 24.8. The van der Waals surface area contributed by atoms with Crippen molar-refractivity contribution in [3.8, 4) is 0 Å². The lowest BCUT2D eigenvalue weighted by Gasteiger charge is -2.19. The van der Waals surface area contributed by atoms with Gasteiger partial charge in [-0.15, -0.1) is 0 Å². The van der Waals surface area contributed by atoms with Crippen molar-refractivity contribution >= 4 is 19.8 Å². The molecule has 0 fully saturated rings. The van der Waals surface area contributed by atoms with Gasteiger partial charge in [-0.2, -0.15) is 0 Å². The predicted octanol–water partition coefficient (Wildman–Crippen LogP) is 22.5. The van der Waals surface area contributed by atoms with Crippen molar-refractivity contribution in [2.75, 3.05) is 26.4 Å². The summed E-state index contributed by atoms with van der Waals surface area (Å²) < 4.78 is 33.1. The van der Waals surface area contributed by atoms with E-state index in [1.165, 1.54) is 250 Å². The fraction of sp³-hybridized carbons (Fsp3) is 0.857. The fourth-order valence-electron chi connectivity index (χ4n) is 10.4. The minimum atomic E-state index is -4.39. The van der Waals surface area contributed by atoms with E-state index < -0.39 is 26.5 Å². The van der Waals surface area contributed by atoms with Gasteiger partial charge in [-0.25, -0.2) is 4.57 Å². The molecule has 2 atom stereocenters. The van der Waals surface area contributed by atoms with E-state index in [4.69, 9.17) is 24.3 Å². The van der Waals surface area contributed by atoms with Gasteiger partial charge in [0.25, 0.3) is 0 Å². The molecule has 0 aromatic carbocycles. The Balaban J connectivity index is 3.79. The summed E-state index contributed by atoms with van der Waals surface area (Å²) in [6.07, 6.45) is 83.6. The lowest BCUT2D eigenvalue weighted by molar-refractivity contribution is -0.161. The molecule has 2 unspecified atom stereocenters. The van der Waals surface area contributed by atoms with Crippen LogP contribution >= 0.6 is 7.82 Å². The normalized spacial score (nSPS) is 13.2. The Morgan fingerprint density at radius 1 is 0.388 bits per heavy atom. The van der Waals surface area contributed by atoms with Gasteiger partial charge in [-0.05, 0) is 51.4 Å². The van der Waals surface area contributed by atoms with Crippen molar-refractivity contribution in [2.24, 2.45) is 5.73 Å². The number of rotatable bonds is 66. The fourth-order valence-corrected chi connectivity index (χ4v) is 11.2. The van der Waals surface area contributed by atoms with Crippen LogP contribution in [-0.4, -0.2) is 49.3 Å². The summed E-state index contributed by atoms with van der Waals surface area (Å²) in [6, 6.07) is 0. The second-order valence-electron chi connectivity index (χ2n) is 23.4. The van der Waals surface area contributed by atoms with E-state index in [1.807, 2.05) is 0 Å². The summed E-state index contributed by atoms with van der Waals surface area (Å²) in [5.41, 5.74) is 5.40. The summed E-state index contributed by atoms with van der Waals surface area (Å²) in [5, 5.41) is 0. The topological polar surface area (TPSA) is 134 Å². The van der Waals surface area contributed by atoms with Crippen LogP contribution < -0.4 is 5.73 Å². The first kappa shape index (κ1) is 78.0. The molecular weight excluding hydrogens is 1010 g/mol. The summed E-state index contributed by atoms with van der Waals surface area (Å²) in [5.74, 6) is -0.817. The van der Waals surface area contributed by atoms with Crippen molar-refractivity contribution < 1.29 is 37.6 Å². The summed E-state index contributed by atoms with van der Waals surface area (Å²) in [6.45, 7) is 3.69. The Morgan fingerprint density at radius 3 is 1.02 bits per heavy atom. The molecule has 0 saturated heterocycles. The molecule has 0 saturated carbocycles. The quantitative estimate of drug-likeness (QED) is 0.0264. The number of phosphoric acid groups is 1. The molecule has 0 amide bonds. The maximum Gasteiger partial charge on any atom is 0.472 e.